The number of halogens is 4. The lowest BCUT2D eigenvalue weighted by molar-refractivity contribution is 0.0727. The number of hydrogen-bond acceptors (Lipinski definition) is 3. The van der Waals surface area contributed by atoms with Crippen molar-refractivity contribution < 1.29 is 18.7 Å². The molecule has 3 aromatic rings. The summed E-state index contributed by atoms with van der Waals surface area (Å²) in [6, 6.07) is 11.0. The molecule has 1 N–H and O–H groups in total. The molecule has 2 aromatic carbocycles. The van der Waals surface area contributed by atoms with Gasteiger partial charge in [0.05, 0.1) is 22.3 Å². The largest absolute Gasteiger partial charge is 0.390 e. The number of benzene rings is 2. The third kappa shape index (κ3) is 5.09. The second-order valence-electron chi connectivity index (χ2n) is 6.30. The Hall–Kier alpha value is -2.54. The van der Waals surface area contributed by atoms with E-state index in [0.29, 0.717) is 27.9 Å². The fourth-order valence-electron chi connectivity index (χ4n) is 2.90. The molecule has 8 heteroatoms. The first kappa shape index (κ1) is 21.2. The van der Waals surface area contributed by atoms with Crippen LogP contribution in [0, 0.1) is 11.6 Å². The van der Waals surface area contributed by atoms with Gasteiger partial charge in [0.15, 0.2) is 0 Å². The van der Waals surface area contributed by atoms with Crippen molar-refractivity contribution in [3.8, 4) is 0 Å². The zero-order valence-corrected chi connectivity index (χ0v) is 16.6. The first-order chi connectivity index (χ1) is 13.9. The number of aliphatic hydroxyl groups is 1. The molecule has 0 aliphatic carbocycles. The van der Waals surface area contributed by atoms with Crippen LogP contribution in [0.2, 0.25) is 10.0 Å². The minimum atomic E-state index is -0.855. The summed E-state index contributed by atoms with van der Waals surface area (Å²) < 4.78 is 27.3. The van der Waals surface area contributed by atoms with Gasteiger partial charge in [0.1, 0.15) is 11.6 Å². The van der Waals surface area contributed by atoms with Crippen LogP contribution in [0.25, 0.3) is 0 Å². The Kier molecular flexibility index (Phi) is 6.79. The summed E-state index contributed by atoms with van der Waals surface area (Å²) in [7, 11) is 0. The van der Waals surface area contributed by atoms with Gasteiger partial charge in [-0.1, -0.05) is 41.4 Å². The van der Waals surface area contributed by atoms with Crippen LogP contribution in [0.1, 0.15) is 27.2 Å². The number of rotatable bonds is 6. The summed E-state index contributed by atoms with van der Waals surface area (Å²) in [5.74, 6) is -2.31. The van der Waals surface area contributed by atoms with E-state index in [0.717, 1.165) is 12.1 Å². The van der Waals surface area contributed by atoms with Gasteiger partial charge in [-0.3, -0.25) is 9.78 Å². The molecule has 0 bridgehead atoms. The molecule has 3 rings (SSSR count). The highest BCUT2D eigenvalue weighted by Crippen LogP contribution is 2.28. The predicted octanol–water partition coefficient (Wildman–Crippen LogP) is 5.00. The highest BCUT2D eigenvalue weighted by atomic mass is 35.5. The number of pyridine rings is 1. The third-order valence-corrected chi connectivity index (χ3v) is 5.14. The first-order valence-corrected chi connectivity index (χ1v) is 9.36. The van der Waals surface area contributed by atoms with E-state index in [4.69, 9.17) is 23.2 Å². The van der Waals surface area contributed by atoms with E-state index in [2.05, 4.69) is 4.98 Å². The molecule has 150 valence electrons. The Labute approximate surface area is 176 Å². The van der Waals surface area contributed by atoms with Crippen LogP contribution < -0.4 is 0 Å². The fraction of sp³-hybridized carbons (Fsp3) is 0.143. The van der Waals surface area contributed by atoms with E-state index >= 15 is 0 Å². The molecule has 0 saturated carbocycles. The molecule has 0 atom stereocenters. The maximum Gasteiger partial charge on any atom is 0.254 e. The average molecular weight is 437 g/mol. The first-order valence-electron chi connectivity index (χ1n) is 8.61. The molecule has 4 nitrogen and oxygen atoms in total. The van der Waals surface area contributed by atoms with E-state index in [1.54, 1.807) is 30.3 Å². The predicted molar refractivity (Wildman–Crippen MR) is 107 cm³/mol. The second-order valence-corrected chi connectivity index (χ2v) is 7.08. The monoisotopic (exact) mass is 436 g/mol. The van der Waals surface area contributed by atoms with Crippen molar-refractivity contribution in [1.29, 1.82) is 0 Å². The Balaban J connectivity index is 2.00. The van der Waals surface area contributed by atoms with Crippen LogP contribution >= 0.6 is 23.2 Å². The third-order valence-electron chi connectivity index (χ3n) is 4.28. The Morgan fingerprint density at radius 1 is 1.00 bits per heavy atom. The summed E-state index contributed by atoms with van der Waals surface area (Å²) in [4.78, 5) is 18.5. The smallest absolute Gasteiger partial charge is 0.254 e. The molecule has 0 aliphatic heterocycles. The molecule has 0 radical (unpaired) electrons. The normalized spacial score (nSPS) is 10.8. The number of aliphatic hydroxyl groups excluding tert-OH is 1. The van der Waals surface area contributed by atoms with Crippen molar-refractivity contribution in [3.63, 3.8) is 0 Å². The number of carbonyl (C=O) groups is 1. The molecule has 1 heterocycles. The zero-order chi connectivity index (χ0) is 21.0. The average Bonchev–Trinajstić information content (AvgIpc) is 2.70. The van der Waals surface area contributed by atoms with Crippen LogP contribution in [-0.2, 0) is 19.7 Å². The van der Waals surface area contributed by atoms with Crippen LogP contribution in [0.5, 0.6) is 0 Å². The van der Waals surface area contributed by atoms with Gasteiger partial charge in [0.2, 0.25) is 0 Å². The van der Waals surface area contributed by atoms with E-state index in [1.165, 1.54) is 11.1 Å². The molecule has 1 aromatic heterocycles. The van der Waals surface area contributed by atoms with Gasteiger partial charge < -0.3 is 10.0 Å². The quantitative estimate of drug-likeness (QED) is 0.591. The van der Waals surface area contributed by atoms with E-state index in [9.17, 15) is 18.7 Å². The summed E-state index contributed by atoms with van der Waals surface area (Å²) in [6.07, 6.45) is 1.52. The molecular weight excluding hydrogens is 421 g/mol. The molecule has 1 amide bonds. The molecule has 0 aliphatic rings. The van der Waals surface area contributed by atoms with Gasteiger partial charge in [-0.05, 0) is 35.4 Å². The van der Waals surface area contributed by atoms with Crippen molar-refractivity contribution in [2.24, 2.45) is 0 Å². The minimum absolute atomic E-state index is 0.0378. The summed E-state index contributed by atoms with van der Waals surface area (Å²) in [5.41, 5.74) is 1.42. The fourth-order valence-corrected chi connectivity index (χ4v) is 3.28. The summed E-state index contributed by atoms with van der Waals surface area (Å²) in [6.45, 7) is -0.232. The van der Waals surface area contributed by atoms with E-state index in [-0.39, 0.29) is 30.3 Å². The highest BCUT2D eigenvalue weighted by molar-refractivity contribution is 6.42. The van der Waals surface area contributed by atoms with Crippen molar-refractivity contribution in [1.82, 2.24) is 9.88 Å². The van der Waals surface area contributed by atoms with Crippen LogP contribution in [0.3, 0.4) is 0 Å². The lowest BCUT2D eigenvalue weighted by Crippen LogP contribution is -2.31. The summed E-state index contributed by atoms with van der Waals surface area (Å²) >= 11 is 12.3. The lowest BCUT2D eigenvalue weighted by Gasteiger charge is -2.24. The molecule has 29 heavy (non-hydrogen) atoms. The molecule has 0 spiro atoms. The molecule has 0 fully saturated rings. The van der Waals surface area contributed by atoms with Crippen molar-refractivity contribution >= 4 is 29.1 Å². The van der Waals surface area contributed by atoms with Gasteiger partial charge in [0.25, 0.3) is 5.91 Å². The summed E-state index contributed by atoms with van der Waals surface area (Å²) in [5, 5.41) is 10.1. The van der Waals surface area contributed by atoms with Crippen molar-refractivity contribution in [2.45, 2.75) is 19.7 Å². The maximum absolute atomic E-state index is 13.6. The van der Waals surface area contributed by atoms with Crippen molar-refractivity contribution in [3.05, 3.63) is 98.8 Å². The number of aromatic nitrogens is 1. The number of carbonyl (C=O) groups excluding carboxylic acids is 1. The standard InChI is InChI=1S/C21H16Cl2F2N2O2/c22-18-5-1-3-14(20(18)23)11-27(10-13-4-2-6-26-19(13)12-28)21(29)15-7-16(24)9-17(25)8-15/h1-9,28H,10-12H2. The van der Waals surface area contributed by atoms with Gasteiger partial charge >= 0.3 is 0 Å². The number of nitrogens with zero attached hydrogens (tertiary/aromatic N) is 2. The zero-order valence-electron chi connectivity index (χ0n) is 15.1. The Bertz CT molecular complexity index is 1030. The van der Waals surface area contributed by atoms with Crippen LogP contribution in [0.15, 0.2) is 54.7 Å². The molecular formula is C21H16Cl2F2N2O2. The minimum Gasteiger partial charge on any atom is -0.390 e. The second kappa shape index (κ2) is 9.31. The Morgan fingerprint density at radius 3 is 2.34 bits per heavy atom. The van der Waals surface area contributed by atoms with E-state index in [1.807, 2.05) is 0 Å². The van der Waals surface area contributed by atoms with Gasteiger partial charge in [-0.2, -0.15) is 0 Å². The molecule has 0 saturated heterocycles. The topological polar surface area (TPSA) is 53.4 Å². The maximum atomic E-state index is 13.6. The number of amides is 1. The van der Waals surface area contributed by atoms with Gasteiger partial charge in [-0.25, -0.2) is 8.78 Å². The molecule has 0 unspecified atom stereocenters. The highest BCUT2D eigenvalue weighted by Gasteiger charge is 2.21. The Morgan fingerprint density at radius 2 is 1.66 bits per heavy atom. The number of hydrogen-bond donors (Lipinski definition) is 1. The van der Waals surface area contributed by atoms with Crippen molar-refractivity contribution in [2.75, 3.05) is 0 Å². The van der Waals surface area contributed by atoms with Crippen LogP contribution in [0.4, 0.5) is 8.78 Å². The van der Waals surface area contributed by atoms with Gasteiger partial charge in [-0.15, -0.1) is 0 Å². The lowest BCUT2D eigenvalue weighted by atomic mass is 10.1. The van der Waals surface area contributed by atoms with Gasteiger partial charge in [0, 0.05) is 30.9 Å². The SMILES string of the molecule is O=C(c1cc(F)cc(F)c1)N(Cc1cccnc1CO)Cc1cccc(Cl)c1Cl. The van der Waals surface area contributed by atoms with Crippen LogP contribution in [-0.4, -0.2) is 20.9 Å². The van der Waals surface area contributed by atoms with E-state index < -0.39 is 17.5 Å².